The van der Waals surface area contributed by atoms with Gasteiger partial charge in [0.1, 0.15) is 11.3 Å². The van der Waals surface area contributed by atoms with E-state index in [1.165, 1.54) is 0 Å². The van der Waals surface area contributed by atoms with Crippen LogP contribution in [-0.2, 0) is 13.0 Å². The summed E-state index contributed by atoms with van der Waals surface area (Å²) in [5.41, 5.74) is 8.87. The third kappa shape index (κ3) is 2.21. The molecule has 2 heterocycles. The second-order valence-corrected chi connectivity index (χ2v) is 5.05. The highest BCUT2D eigenvalue weighted by Gasteiger charge is 2.15. The van der Waals surface area contributed by atoms with Crippen LogP contribution in [0.3, 0.4) is 0 Å². The number of benzene rings is 1. The van der Waals surface area contributed by atoms with Crippen molar-refractivity contribution in [2.24, 2.45) is 0 Å². The van der Waals surface area contributed by atoms with Crippen LogP contribution in [-0.4, -0.2) is 14.5 Å². The Kier molecular flexibility index (Phi) is 3.49. The summed E-state index contributed by atoms with van der Waals surface area (Å²) in [4.78, 5) is 9.14. The zero-order chi connectivity index (χ0) is 14.8. The highest BCUT2D eigenvalue weighted by molar-refractivity contribution is 6.06. The molecule has 0 saturated heterocycles. The molecule has 1 aromatic carbocycles. The first kappa shape index (κ1) is 13.4. The van der Waals surface area contributed by atoms with Gasteiger partial charge in [-0.05, 0) is 12.5 Å². The molecular weight excluding hydrogens is 260 g/mol. The van der Waals surface area contributed by atoms with Crippen molar-refractivity contribution in [1.82, 2.24) is 14.5 Å². The van der Waals surface area contributed by atoms with Crippen molar-refractivity contribution in [3.05, 3.63) is 30.1 Å². The average Bonchev–Trinajstić information content (AvgIpc) is 2.87. The largest absolute Gasteiger partial charge is 0.382 e. The van der Waals surface area contributed by atoms with Crippen molar-refractivity contribution in [2.45, 2.75) is 32.7 Å². The van der Waals surface area contributed by atoms with Gasteiger partial charge in [0.25, 0.3) is 0 Å². The topological polar surface area (TPSA) is 56.7 Å². The first-order valence-electron chi connectivity index (χ1n) is 7.23. The number of hydrogen-bond donors (Lipinski definition) is 1. The molecule has 21 heavy (non-hydrogen) atoms. The van der Waals surface area contributed by atoms with E-state index in [4.69, 9.17) is 12.2 Å². The van der Waals surface area contributed by atoms with Gasteiger partial charge in [0.2, 0.25) is 0 Å². The smallest absolute Gasteiger partial charge is 0.152 e. The van der Waals surface area contributed by atoms with E-state index in [-0.39, 0.29) is 0 Å². The Bertz CT molecular complexity index is 839. The van der Waals surface area contributed by atoms with Gasteiger partial charge in [0.05, 0.1) is 11.0 Å². The van der Waals surface area contributed by atoms with Gasteiger partial charge in [-0.25, -0.2) is 9.97 Å². The molecule has 0 aliphatic rings. The van der Waals surface area contributed by atoms with E-state index in [1.54, 1.807) is 0 Å². The molecule has 0 radical (unpaired) electrons. The number of nitrogens with zero attached hydrogens (tertiary/aromatic N) is 3. The summed E-state index contributed by atoms with van der Waals surface area (Å²) in [5.74, 6) is 4.22. The van der Waals surface area contributed by atoms with Crippen LogP contribution in [0.2, 0.25) is 0 Å². The third-order valence-electron chi connectivity index (χ3n) is 3.71. The highest BCUT2D eigenvalue weighted by Crippen LogP contribution is 2.29. The molecule has 0 fully saturated rings. The zero-order valence-electron chi connectivity index (χ0n) is 12.1. The van der Waals surface area contributed by atoms with Gasteiger partial charge in [-0.2, -0.15) is 0 Å². The standard InChI is InChI=1S/C17H18N4/c1-3-5-8-11-21-14(4-2)20-15-16(21)12-9-6-7-10-13(12)19-17(15)18/h1,6-7,9-10H,4-5,8,11H2,2H3,(H2,18,19). The Labute approximate surface area is 124 Å². The van der Waals surface area contributed by atoms with Crippen molar-refractivity contribution in [2.75, 3.05) is 5.73 Å². The first-order chi connectivity index (χ1) is 10.3. The van der Waals surface area contributed by atoms with Gasteiger partial charge in [0, 0.05) is 24.8 Å². The Hall–Kier alpha value is -2.54. The molecule has 0 atom stereocenters. The molecule has 0 aliphatic heterocycles. The Morgan fingerprint density at radius 2 is 2.10 bits per heavy atom. The normalized spacial score (nSPS) is 11.0. The maximum atomic E-state index is 6.09. The van der Waals surface area contributed by atoms with Gasteiger partial charge in [-0.3, -0.25) is 0 Å². The molecule has 106 valence electrons. The molecule has 0 saturated carbocycles. The molecule has 2 N–H and O–H groups in total. The van der Waals surface area contributed by atoms with Gasteiger partial charge >= 0.3 is 0 Å². The molecule has 4 heteroatoms. The fourth-order valence-electron chi connectivity index (χ4n) is 2.75. The number of fused-ring (bicyclic) bond motifs is 3. The Morgan fingerprint density at radius 1 is 1.29 bits per heavy atom. The number of nitrogens with two attached hydrogens (primary N) is 1. The first-order valence-corrected chi connectivity index (χ1v) is 7.23. The number of anilines is 1. The lowest BCUT2D eigenvalue weighted by Crippen LogP contribution is -2.03. The van der Waals surface area contributed by atoms with E-state index in [0.29, 0.717) is 5.82 Å². The number of imidazole rings is 1. The fraction of sp³-hybridized carbons (Fsp3) is 0.294. The van der Waals surface area contributed by atoms with Gasteiger partial charge < -0.3 is 10.3 Å². The van der Waals surface area contributed by atoms with E-state index < -0.39 is 0 Å². The van der Waals surface area contributed by atoms with Crippen LogP contribution < -0.4 is 5.73 Å². The van der Waals surface area contributed by atoms with Crippen molar-refractivity contribution < 1.29 is 0 Å². The van der Waals surface area contributed by atoms with Gasteiger partial charge in [-0.1, -0.05) is 25.1 Å². The number of terminal acetylenes is 1. The SMILES string of the molecule is C#CCCCn1c(CC)nc2c(N)nc3ccccc3c21. The number of hydrogen-bond acceptors (Lipinski definition) is 3. The lowest BCUT2D eigenvalue weighted by molar-refractivity contribution is 0.641. The van der Waals surface area contributed by atoms with Crippen molar-refractivity contribution >= 4 is 27.8 Å². The quantitative estimate of drug-likeness (QED) is 0.589. The molecule has 3 rings (SSSR count). The Balaban J connectivity index is 2.30. The van der Waals surface area contributed by atoms with Crippen LogP contribution in [0.5, 0.6) is 0 Å². The summed E-state index contributed by atoms with van der Waals surface area (Å²) in [5, 5.41) is 1.09. The maximum absolute atomic E-state index is 6.09. The molecule has 0 amide bonds. The number of rotatable bonds is 4. The van der Waals surface area contributed by atoms with Gasteiger partial charge in [-0.15, -0.1) is 12.3 Å². The van der Waals surface area contributed by atoms with Crippen molar-refractivity contribution in [3.63, 3.8) is 0 Å². The zero-order valence-corrected chi connectivity index (χ0v) is 12.1. The molecule has 3 aromatic rings. The fourth-order valence-corrected chi connectivity index (χ4v) is 2.75. The number of para-hydroxylation sites is 1. The van der Waals surface area contributed by atoms with Crippen LogP contribution in [0.4, 0.5) is 5.82 Å². The van der Waals surface area contributed by atoms with Crippen LogP contribution in [0.25, 0.3) is 21.9 Å². The van der Waals surface area contributed by atoms with Crippen molar-refractivity contribution in [3.8, 4) is 12.3 Å². The highest BCUT2D eigenvalue weighted by atomic mass is 15.1. The van der Waals surface area contributed by atoms with Gasteiger partial charge in [0.15, 0.2) is 5.82 Å². The maximum Gasteiger partial charge on any atom is 0.152 e. The summed E-state index contributed by atoms with van der Waals surface area (Å²) in [6, 6.07) is 8.04. The number of unbranched alkanes of at least 4 members (excludes halogenated alkanes) is 1. The molecule has 0 aliphatic carbocycles. The average molecular weight is 278 g/mol. The second-order valence-electron chi connectivity index (χ2n) is 5.05. The molecule has 2 aromatic heterocycles. The number of aromatic nitrogens is 3. The summed E-state index contributed by atoms with van der Waals surface area (Å²) < 4.78 is 2.24. The van der Waals surface area contributed by atoms with Crippen LogP contribution >= 0.6 is 0 Å². The minimum Gasteiger partial charge on any atom is -0.382 e. The molecule has 0 spiro atoms. The third-order valence-corrected chi connectivity index (χ3v) is 3.71. The lowest BCUT2D eigenvalue weighted by Gasteiger charge is -2.09. The van der Waals surface area contributed by atoms with E-state index in [1.807, 2.05) is 18.2 Å². The number of nitrogen functional groups attached to an aromatic ring is 1. The summed E-state index contributed by atoms with van der Waals surface area (Å²) in [7, 11) is 0. The van der Waals surface area contributed by atoms with E-state index >= 15 is 0 Å². The van der Waals surface area contributed by atoms with E-state index in [0.717, 1.165) is 53.6 Å². The molecular formula is C17H18N4. The minimum atomic E-state index is 0.495. The minimum absolute atomic E-state index is 0.495. The predicted molar refractivity (Wildman–Crippen MR) is 86.9 cm³/mol. The van der Waals surface area contributed by atoms with Crippen molar-refractivity contribution in [1.29, 1.82) is 0 Å². The monoisotopic (exact) mass is 278 g/mol. The summed E-state index contributed by atoms with van der Waals surface area (Å²) >= 11 is 0. The number of pyridine rings is 1. The van der Waals surface area contributed by atoms with E-state index in [2.05, 4.69) is 33.4 Å². The summed E-state index contributed by atoms with van der Waals surface area (Å²) in [6.45, 7) is 2.96. The summed E-state index contributed by atoms with van der Waals surface area (Å²) in [6.07, 6.45) is 7.92. The second kappa shape index (κ2) is 5.45. The molecule has 0 bridgehead atoms. The lowest BCUT2D eigenvalue weighted by atomic mass is 10.2. The number of aryl methyl sites for hydroxylation is 2. The van der Waals surface area contributed by atoms with Crippen LogP contribution in [0, 0.1) is 12.3 Å². The Morgan fingerprint density at radius 3 is 2.86 bits per heavy atom. The predicted octanol–water partition coefficient (Wildman–Crippen LogP) is 3.14. The van der Waals surface area contributed by atoms with Crippen LogP contribution in [0.15, 0.2) is 24.3 Å². The van der Waals surface area contributed by atoms with Crippen LogP contribution in [0.1, 0.15) is 25.6 Å². The molecule has 0 unspecified atom stereocenters. The van der Waals surface area contributed by atoms with E-state index in [9.17, 15) is 0 Å². The molecule has 4 nitrogen and oxygen atoms in total.